The van der Waals surface area contributed by atoms with E-state index >= 15 is 0 Å². The summed E-state index contributed by atoms with van der Waals surface area (Å²) in [6.07, 6.45) is 1.35. The molecule has 0 aliphatic carbocycles. The van der Waals surface area contributed by atoms with Gasteiger partial charge in [-0.1, -0.05) is 24.3 Å². The van der Waals surface area contributed by atoms with Gasteiger partial charge in [0.2, 0.25) is 11.6 Å². The van der Waals surface area contributed by atoms with Crippen LogP contribution in [0.3, 0.4) is 0 Å². The summed E-state index contributed by atoms with van der Waals surface area (Å²) in [7, 11) is 0. The number of nitro groups is 1. The Hall–Kier alpha value is -4.31. The second-order valence-electron chi connectivity index (χ2n) is 7.86. The molecule has 0 saturated carbocycles. The zero-order chi connectivity index (χ0) is 24.5. The van der Waals surface area contributed by atoms with Crippen molar-refractivity contribution in [1.82, 2.24) is 4.68 Å². The molecule has 0 N–H and O–H groups in total. The van der Waals surface area contributed by atoms with Crippen LogP contribution in [0.25, 0.3) is 11.3 Å². The lowest BCUT2D eigenvalue weighted by Gasteiger charge is -2.06. The number of rotatable bonds is 5. The summed E-state index contributed by atoms with van der Waals surface area (Å²) in [4.78, 5) is 16.4. The Morgan fingerprint density at radius 1 is 1.11 bits per heavy atom. The smallest absolute Gasteiger partial charge is 0.282 e. The van der Waals surface area contributed by atoms with Crippen LogP contribution in [-0.4, -0.2) is 22.6 Å². The van der Waals surface area contributed by atoms with Crippen LogP contribution < -0.4 is 14.3 Å². The highest BCUT2D eigenvalue weighted by molar-refractivity contribution is 7.07. The van der Waals surface area contributed by atoms with Crippen molar-refractivity contribution >= 4 is 28.9 Å². The first kappa shape index (κ1) is 22.5. The number of aryl methyl sites for hydroxylation is 2. The van der Waals surface area contributed by atoms with E-state index in [4.69, 9.17) is 14.5 Å². The molecule has 0 amide bonds. The summed E-state index contributed by atoms with van der Waals surface area (Å²) in [5.74, 6) is 0.276. The van der Waals surface area contributed by atoms with Crippen LogP contribution in [0.15, 0.2) is 70.1 Å². The van der Waals surface area contributed by atoms with E-state index in [0.29, 0.717) is 27.6 Å². The Bertz CT molecular complexity index is 1560. The van der Waals surface area contributed by atoms with E-state index in [-0.39, 0.29) is 18.0 Å². The minimum absolute atomic E-state index is 0.0112. The van der Waals surface area contributed by atoms with Crippen molar-refractivity contribution < 1.29 is 18.8 Å². The Kier molecular flexibility index (Phi) is 5.87. The normalized spacial score (nSPS) is 13.1. The molecule has 0 atom stereocenters. The lowest BCUT2D eigenvalue weighted by Crippen LogP contribution is -2.12. The number of thiazole rings is 1. The molecule has 0 saturated heterocycles. The number of aromatic nitrogens is 1. The quantitative estimate of drug-likeness (QED) is 0.203. The van der Waals surface area contributed by atoms with Gasteiger partial charge in [-0.2, -0.15) is 5.10 Å². The molecule has 4 aromatic rings. The molecular formula is C25H19FN4O4S. The van der Waals surface area contributed by atoms with Crippen LogP contribution in [0.5, 0.6) is 11.5 Å². The van der Waals surface area contributed by atoms with Crippen molar-refractivity contribution in [2.24, 2.45) is 10.1 Å². The summed E-state index contributed by atoms with van der Waals surface area (Å²) in [5, 5.41) is 17.9. The maximum atomic E-state index is 14.7. The molecule has 0 bridgehead atoms. The van der Waals surface area contributed by atoms with E-state index in [1.165, 1.54) is 40.4 Å². The average molecular weight is 491 g/mol. The van der Waals surface area contributed by atoms with E-state index in [1.807, 2.05) is 32.0 Å². The monoisotopic (exact) mass is 490 g/mol. The van der Waals surface area contributed by atoms with Gasteiger partial charge in [0.15, 0.2) is 11.5 Å². The molecular weight excluding hydrogens is 471 g/mol. The average Bonchev–Trinajstić information content (AvgIpc) is 3.46. The van der Waals surface area contributed by atoms with Gasteiger partial charge in [-0.3, -0.25) is 10.1 Å². The summed E-state index contributed by atoms with van der Waals surface area (Å²) in [6, 6.07) is 15.1. The molecule has 0 unspecified atom stereocenters. The number of benzene rings is 3. The van der Waals surface area contributed by atoms with Crippen molar-refractivity contribution in [3.63, 3.8) is 0 Å². The number of nitrogens with zero attached hydrogens (tertiary/aromatic N) is 4. The van der Waals surface area contributed by atoms with Gasteiger partial charge < -0.3 is 9.47 Å². The van der Waals surface area contributed by atoms with Crippen LogP contribution in [-0.2, 0) is 0 Å². The zero-order valence-corrected chi connectivity index (χ0v) is 19.6. The van der Waals surface area contributed by atoms with Gasteiger partial charge >= 0.3 is 0 Å². The maximum absolute atomic E-state index is 14.7. The molecule has 1 aromatic heterocycles. The Morgan fingerprint density at radius 2 is 1.89 bits per heavy atom. The van der Waals surface area contributed by atoms with Crippen LogP contribution in [0.1, 0.15) is 16.7 Å². The number of ether oxygens (including phenoxy) is 2. The van der Waals surface area contributed by atoms with E-state index in [0.717, 1.165) is 16.8 Å². The largest absolute Gasteiger partial charge is 0.454 e. The number of hydrogen-bond donors (Lipinski definition) is 0. The van der Waals surface area contributed by atoms with Gasteiger partial charge in [0.25, 0.3) is 5.69 Å². The Morgan fingerprint density at radius 3 is 2.66 bits per heavy atom. The first-order valence-electron chi connectivity index (χ1n) is 10.6. The molecule has 10 heteroatoms. The third-order valence-corrected chi connectivity index (χ3v) is 6.26. The van der Waals surface area contributed by atoms with Crippen molar-refractivity contribution in [3.8, 4) is 22.8 Å². The van der Waals surface area contributed by atoms with Gasteiger partial charge in [0.1, 0.15) is 5.82 Å². The Labute approximate surface area is 203 Å². The van der Waals surface area contributed by atoms with Gasteiger partial charge in [-0.15, -0.1) is 11.3 Å². The summed E-state index contributed by atoms with van der Waals surface area (Å²) in [5.41, 5.74) is 3.61. The third-order valence-electron chi connectivity index (χ3n) is 5.45. The zero-order valence-electron chi connectivity index (χ0n) is 18.8. The van der Waals surface area contributed by atoms with Crippen LogP contribution in [0.2, 0.25) is 0 Å². The fourth-order valence-electron chi connectivity index (χ4n) is 3.61. The molecule has 5 rings (SSSR count). The number of halogens is 1. The van der Waals surface area contributed by atoms with Crippen LogP contribution in [0, 0.1) is 29.8 Å². The summed E-state index contributed by atoms with van der Waals surface area (Å²) in [6.45, 7) is 3.92. The van der Waals surface area contributed by atoms with Crippen molar-refractivity contribution in [3.05, 3.63) is 97.4 Å². The predicted octanol–water partition coefficient (Wildman–Crippen LogP) is 5.72. The van der Waals surface area contributed by atoms with Gasteiger partial charge in [0.05, 0.1) is 34.1 Å². The molecule has 8 nitrogen and oxygen atoms in total. The minimum atomic E-state index is -0.513. The SMILES string of the molecule is Cc1ccc(C)c(N=c2scc(-c3ccccc3F)n2N=Cc2cc3c(cc2[N+](=O)[O-])OCO3)c1. The van der Waals surface area contributed by atoms with Gasteiger partial charge in [0, 0.05) is 10.9 Å². The molecule has 2 heterocycles. The standard InChI is InChI=1S/C25H19FN4O4S/c1-15-7-8-16(2)20(9-15)28-25-29(22(13-35-25)18-5-3-4-6-19(18)26)27-12-17-10-23-24(34-14-33-23)11-21(17)30(31)32/h3-13H,14H2,1-2H3. The molecule has 0 fully saturated rings. The Balaban J connectivity index is 1.69. The highest BCUT2D eigenvalue weighted by Crippen LogP contribution is 2.37. The molecule has 0 radical (unpaired) electrons. The molecule has 176 valence electrons. The summed E-state index contributed by atoms with van der Waals surface area (Å²) >= 11 is 1.29. The van der Waals surface area contributed by atoms with Crippen molar-refractivity contribution in [2.75, 3.05) is 6.79 Å². The fraction of sp³-hybridized carbons (Fsp3) is 0.120. The van der Waals surface area contributed by atoms with Crippen molar-refractivity contribution in [2.45, 2.75) is 13.8 Å². The molecule has 0 spiro atoms. The molecule has 3 aromatic carbocycles. The predicted molar refractivity (Wildman–Crippen MR) is 131 cm³/mol. The summed E-state index contributed by atoms with van der Waals surface area (Å²) < 4.78 is 26.8. The maximum Gasteiger partial charge on any atom is 0.282 e. The van der Waals surface area contributed by atoms with E-state index in [2.05, 4.69) is 5.10 Å². The fourth-order valence-corrected chi connectivity index (χ4v) is 4.45. The minimum Gasteiger partial charge on any atom is -0.454 e. The first-order valence-corrected chi connectivity index (χ1v) is 11.5. The van der Waals surface area contributed by atoms with Gasteiger partial charge in [-0.25, -0.2) is 14.1 Å². The second-order valence-corrected chi connectivity index (χ2v) is 8.70. The van der Waals surface area contributed by atoms with Gasteiger partial charge in [-0.05, 0) is 49.2 Å². The van der Waals surface area contributed by atoms with E-state index in [9.17, 15) is 14.5 Å². The highest BCUT2D eigenvalue weighted by atomic mass is 32.1. The molecule has 1 aliphatic heterocycles. The van der Waals surface area contributed by atoms with Crippen molar-refractivity contribution in [1.29, 1.82) is 0 Å². The number of fused-ring (bicyclic) bond motifs is 1. The first-order chi connectivity index (χ1) is 16.9. The molecule has 35 heavy (non-hydrogen) atoms. The van der Waals surface area contributed by atoms with E-state index < -0.39 is 10.7 Å². The second kappa shape index (κ2) is 9.15. The molecule has 1 aliphatic rings. The topological polar surface area (TPSA) is 91.2 Å². The number of nitro benzene ring substituents is 1. The lowest BCUT2D eigenvalue weighted by atomic mass is 10.1. The third kappa shape index (κ3) is 4.43. The van der Waals surface area contributed by atoms with E-state index in [1.54, 1.807) is 23.6 Å². The van der Waals surface area contributed by atoms with Crippen LogP contribution >= 0.6 is 11.3 Å². The number of hydrogen-bond acceptors (Lipinski definition) is 7. The van der Waals surface area contributed by atoms with Crippen LogP contribution in [0.4, 0.5) is 15.8 Å². The highest BCUT2D eigenvalue weighted by Gasteiger charge is 2.23. The lowest BCUT2D eigenvalue weighted by molar-refractivity contribution is -0.385.